The molecule has 2 N–H and O–H groups in total. The number of carbonyl (C=O) groups is 1. The molecule has 9 heteroatoms. The van der Waals surface area contributed by atoms with E-state index in [0.717, 1.165) is 11.1 Å². The number of nitrogens with one attached hydrogen (secondary N) is 1. The number of aromatic carboxylic acids is 1. The highest BCUT2D eigenvalue weighted by Gasteiger charge is 2.24. The standard InChI is InChI=1S/C27H23Cl3N2O4/c1-15(2)26-20(25(32-36-26)24-21(28)7-4-8-22(24)29)14-35-19-10-9-17(23(30)12-19)13-31-18-6-3-5-16(11-18)27(33)34/h3-12,15,31H,13-14H2,1-2H3,(H,33,34). The second-order valence-corrected chi connectivity index (χ2v) is 9.63. The summed E-state index contributed by atoms with van der Waals surface area (Å²) >= 11 is 19.3. The molecule has 0 bridgehead atoms. The third-order valence-electron chi connectivity index (χ3n) is 5.54. The Morgan fingerprint density at radius 1 is 1.03 bits per heavy atom. The van der Waals surface area contributed by atoms with Crippen LogP contribution in [0, 0.1) is 0 Å². The van der Waals surface area contributed by atoms with Gasteiger partial charge in [0, 0.05) is 28.7 Å². The van der Waals surface area contributed by atoms with E-state index in [0.29, 0.717) is 50.1 Å². The average Bonchev–Trinajstić information content (AvgIpc) is 3.26. The number of anilines is 1. The maximum Gasteiger partial charge on any atom is 0.335 e. The molecule has 0 fully saturated rings. The molecule has 0 unspecified atom stereocenters. The van der Waals surface area contributed by atoms with E-state index in [1.165, 1.54) is 6.07 Å². The van der Waals surface area contributed by atoms with Crippen LogP contribution in [0.25, 0.3) is 11.3 Å². The number of aromatic nitrogens is 1. The van der Waals surface area contributed by atoms with Crippen molar-refractivity contribution in [3.05, 3.63) is 98.2 Å². The molecule has 186 valence electrons. The molecule has 0 amide bonds. The van der Waals surface area contributed by atoms with Crippen molar-refractivity contribution in [2.75, 3.05) is 5.32 Å². The second-order valence-electron chi connectivity index (χ2n) is 8.41. The van der Waals surface area contributed by atoms with Crippen molar-refractivity contribution in [2.24, 2.45) is 0 Å². The minimum absolute atomic E-state index is 0.0720. The van der Waals surface area contributed by atoms with Gasteiger partial charge in [-0.15, -0.1) is 0 Å². The Bertz CT molecular complexity index is 1380. The molecule has 6 nitrogen and oxygen atoms in total. The van der Waals surface area contributed by atoms with E-state index >= 15 is 0 Å². The monoisotopic (exact) mass is 544 g/mol. The molecule has 0 radical (unpaired) electrons. The molecule has 0 aliphatic rings. The predicted molar refractivity (Wildman–Crippen MR) is 143 cm³/mol. The number of rotatable bonds is 9. The number of carboxylic acid groups (broad SMARTS) is 1. The maximum absolute atomic E-state index is 11.2. The van der Waals surface area contributed by atoms with Crippen LogP contribution in [0.1, 0.15) is 47.0 Å². The van der Waals surface area contributed by atoms with Crippen molar-refractivity contribution in [1.82, 2.24) is 5.16 Å². The molecule has 0 saturated heterocycles. The molecule has 1 aromatic heterocycles. The Morgan fingerprint density at radius 3 is 2.42 bits per heavy atom. The number of carboxylic acids is 1. The predicted octanol–water partition coefficient (Wildman–Crippen LogP) is 8.31. The van der Waals surface area contributed by atoms with Crippen molar-refractivity contribution in [1.29, 1.82) is 0 Å². The number of hydrogen-bond acceptors (Lipinski definition) is 5. The van der Waals surface area contributed by atoms with Gasteiger partial charge in [-0.25, -0.2) is 4.79 Å². The summed E-state index contributed by atoms with van der Waals surface area (Å²) in [6, 6.07) is 17.3. The molecular weight excluding hydrogens is 523 g/mol. The van der Waals surface area contributed by atoms with Crippen LogP contribution >= 0.6 is 34.8 Å². The van der Waals surface area contributed by atoms with Crippen molar-refractivity contribution in [3.8, 4) is 17.0 Å². The van der Waals surface area contributed by atoms with Gasteiger partial charge in [-0.1, -0.05) is 72.0 Å². The van der Waals surface area contributed by atoms with Crippen LogP contribution < -0.4 is 10.1 Å². The summed E-state index contributed by atoms with van der Waals surface area (Å²) in [5.74, 6) is 0.356. The van der Waals surface area contributed by atoms with E-state index in [-0.39, 0.29) is 18.1 Å². The summed E-state index contributed by atoms with van der Waals surface area (Å²) in [5.41, 5.74) is 3.64. The van der Waals surface area contributed by atoms with Crippen LogP contribution in [0.2, 0.25) is 15.1 Å². The molecular formula is C27H23Cl3N2O4. The summed E-state index contributed by atoms with van der Waals surface area (Å²) in [7, 11) is 0. The fourth-order valence-corrected chi connectivity index (χ4v) is 4.53. The van der Waals surface area contributed by atoms with Gasteiger partial charge in [-0.05, 0) is 48.0 Å². The van der Waals surface area contributed by atoms with E-state index in [4.69, 9.17) is 49.2 Å². The van der Waals surface area contributed by atoms with Gasteiger partial charge in [0.2, 0.25) is 0 Å². The van der Waals surface area contributed by atoms with Crippen LogP contribution in [0.15, 0.2) is 65.2 Å². The Kier molecular flexibility index (Phi) is 8.09. The highest BCUT2D eigenvalue weighted by atomic mass is 35.5. The molecule has 36 heavy (non-hydrogen) atoms. The third kappa shape index (κ3) is 5.78. The zero-order valence-corrected chi connectivity index (χ0v) is 21.8. The van der Waals surface area contributed by atoms with Gasteiger partial charge in [-0.3, -0.25) is 0 Å². The molecule has 0 saturated carbocycles. The quantitative estimate of drug-likeness (QED) is 0.220. The minimum atomic E-state index is -0.980. The molecule has 4 rings (SSSR count). The zero-order chi connectivity index (χ0) is 25.8. The lowest BCUT2D eigenvalue weighted by molar-refractivity contribution is 0.0697. The summed E-state index contributed by atoms with van der Waals surface area (Å²) in [6.45, 7) is 4.62. The van der Waals surface area contributed by atoms with Crippen LogP contribution in [0.3, 0.4) is 0 Å². The lowest BCUT2D eigenvalue weighted by atomic mass is 10.0. The van der Waals surface area contributed by atoms with Crippen LogP contribution in [0.5, 0.6) is 5.75 Å². The van der Waals surface area contributed by atoms with Gasteiger partial charge in [0.1, 0.15) is 23.8 Å². The number of nitrogens with zero attached hydrogens (tertiary/aromatic N) is 1. The SMILES string of the molecule is CC(C)c1onc(-c2c(Cl)cccc2Cl)c1COc1ccc(CNc2cccc(C(=O)O)c2)c(Cl)c1. The summed E-state index contributed by atoms with van der Waals surface area (Å²) in [4.78, 5) is 11.2. The van der Waals surface area contributed by atoms with Crippen LogP contribution in [0.4, 0.5) is 5.69 Å². The zero-order valence-electron chi connectivity index (χ0n) is 19.5. The van der Waals surface area contributed by atoms with E-state index < -0.39 is 5.97 Å². The van der Waals surface area contributed by atoms with E-state index in [9.17, 15) is 4.79 Å². The van der Waals surface area contributed by atoms with Crippen molar-refractivity contribution in [3.63, 3.8) is 0 Å². The number of halogens is 3. The topological polar surface area (TPSA) is 84.6 Å². The Morgan fingerprint density at radius 2 is 1.75 bits per heavy atom. The van der Waals surface area contributed by atoms with Gasteiger partial charge in [0.05, 0.1) is 21.2 Å². The average molecular weight is 546 g/mol. The van der Waals surface area contributed by atoms with E-state index in [1.54, 1.807) is 42.5 Å². The molecule has 3 aromatic carbocycles. The van der Waals surface area contributed by atoms with Gasteiger partial charge in [0.15, 0.2) is 0 Å². The van der Waals surface area contributed by atoms with Gasteiger partial charge in [-0.2, -0.15) is 0 Å². The van der Waals surface area contributed by atoms with Gasteiger partial charge in [0.25, 0.3) is 0 Å². The number of benzene rings is 3. The Hall–Kier alpha value is -3.19. The molecule has 0 aliphatic carbocycles. The molecule has 0 spiro atoms. The van der Waals surface area contributed by atoms with Crippen molar-refractivity contribution < 1.29 is 19.2 Å². The first-order chi connectivity index (χ1) is 17.2. The first-order valence-corrected chi connectivity index (χ1v) is 12.3. The summed E-state index contributed by atoms with van der Waals surface area (Å²) in [5, 5.41) is 18.1. The minimum Gasteiger partial charge on any atom is -0.489 e. The molecule has 1 heterocycles. The fraction of sp³-hybridized carbons (Fsp3) is 0.185. The highest BCUT2D eigenvalue weighted by Crippen LogP contribution is 2.39. The van der Waals surface area contributed by atoms with E-state index in [2.05, 4.69) is 10.5 Å². The smallest absolute Gasteiger partial charge is 0.335 e. The van der Waals surface area contributed by atoms with Crippen LogP contribution in [-0.4, -0.2) is 16.2 Å². The lowest BCUT2D eigenvalue weighted by Crippen LogP contribution is -2.03. The summed E-state index contributed by atoms with van der Waals surface area (Å²) in [6.07, 6.45) is 0. The third-order valence-corrected chi connectivity index (χ3v) is 6.52. The van der Waals surface area contributed by atoms with Crippen LogP contribution in [-0.2, 0) is 13.2 Å². The largest absolute Gasteiger partial charge is 0.489 e. The summed E-state index contributed by atoms with van der Waals surface area (Å²) < 4.78 is 11.7. The van der Waals surface area contributed by atoms with Crippen molar-refractivity contribution in [2.45, 2.75) is 32.9 Å². The lowest BCUT2D eigenvalue weighted by Gasteiger charge is -2.13. The number of hydrogen-bond donors (Lipinski definition) is 2. The van der Waals surface area contributed by atoms with E-state index in [1.807, 2.05) is 26.0 Å². The van der Waals surface area contributed by atoms with Gasteiger partial charge >= 0.3 is 5.97 Å². The Labute approximate surface area is 223 Å². The first-order valence-electron chi connectivity index (χ1n) is 11.2. The molecule has 0 atom stereocenters. The number of ether oxygens (including phenoxy) is 1. The van der Waals surface area contributed by atoms with Gasteiger partial charge < -0.3 is 19.7 Å². The Balaban J connectivity index is 1.50. The molecule has 0 aliphatic heterocycles. The normalized spacial score (nSPS) is 11.1. The highest BCUT2D eigenvalue weighted by molar-refractivity contribution is 6.39. The first kappa shape index (κ1) is 25.9. The second kappa shape index (κ2) is 11.2. The fourth-order valence-electron chi connectivity index (χ4n) is 3.71. The maximum atomic E-state index is 11.2. The van der Waals surface area contributed by atoms with Crippen molar-refractivity contribution >= 4 is 46.5 Å². The molecule has 4 aromatic rings.